The first-order valence-corrected chi connectivity index (χ1v) is 18.3. The zero-order chi connectivity index (χ0) is 32.6. The van der Waals surface area contributed by atoms with Gasteiger partial charge in [0, 0.05) is 0 Å². The van der Waals surface area contributed by atoms with Crippen molar-refractivity contribution in [3.8, 4) is 0 Å². The van der Waals surface area contributed by atoms with E-state index in [1.165, 1.54) is 0 Å². The van der Waals surface area contributed by atoms with E-state index in [-0.39, 0.29) is 50.8 Å². The van der Waals surface area contributed by atoms with Crippen molar-refractivity contribution in [2.24, 2.45) is 0 Å². The van der Waals surface area contributed by atoms with Crippen molar-refractivity contribution >= 4 is 15.6 Å². The molecule has 8 unspecified atom stereocenters. The summed E-state index contributed by atoms with van der Waals surface area (Å²) in [6, 6.07) is 0. The Morgan fingerprint density at radius 1 is 0.644 bits per heavy atom. The zero-order valence-corrected chi connectivity index (χ0v) is 28.3. The molecule has 6 bridgehead atoms. The fourth-order valence-electron chi connectivity index (χ4n) is 7.18. The van der Waals surface area contributed by atoms with Crippen LogP contribution in [-0.4, -0.2) is 124 Å². The second-order valence-corrected chi connectivity index (χ2v) is 16.2. The summed E-state index contributed by atoms with van der Waals surface area (Å²) in [5.41, 5.74) is -3.84. The van der Waals surface area contributed by atoms with Crippen molar-refractivity contribution in [1.82, 2.24) is 0 Å². The molecule has 6 saturated heterocycles. The molecule has 0 radical (unpaired) electrons. The standard InChI is InChI=1S/C27H46O16P2/c1-14(2)32-8-25-9-34-20(17(6)39-25)23(25)42-45(30,31)37-13-27-11-35-21(18(7)41-27)24(27)43-44(28,29)36-12-26-10-33-19(16(5)40-26)22(26)38-15(3)4/h14-24H,8-13H2,1-7H3,(H,28,29)(H,30,31)/p-2/t16?,17?,18?,19-,20-,21-,22-,23-,24-,25?,26?,27?/m1/s1. The van der Waals surface area contributed by atoms with Crippen molar-refractivity contribution in [3.05, 3.63) is 0 Å². The Bertz CT molecular complexity index is 1190. The topological polar surface area (TPSA) is 191 Å². The Morgan fingerprint density at radius 3 is 1.40 bits per heavy atom. The summed E-state index contributed by atoms with van der Waals surface area (Å²) in [4.78, 5) is 26.4. The monoisotopic (exact) mass is 686 g/mol. The van der Waals surface area contributed by atoms with E-state index < -0.39 is 88.4 Å². The third-order valence-corrected chi connectivity index (χ3v) is 11.0. The van der Waals surface area contributed by atoms with Crippen LogP contribution in [0.5, 0.6) is 0 Å². The lowest BCUT2D eigenvalue weighted by molar-refractivity contribution is -0.247. The molecule has 6 aliphatic heterocycles. The van der Waals surface area contributed by atoms with Crippen LogP contribution in [-0.2, 0) is 65.1 Å². The largest absolute Gasteiger partial charge is 0.756 e. The number of hydrogen-bond acceptors (Lipinski definition) is 16. The van der Waals surface area contributed by atoms with E-state index in [2.05, 4.69) is 0 Å². The highest BCUT2D eigenvalue weighted by Gasteiger charge is 2.65. The zero-order valence-electron chi connectivity index (χ0n) is 26.5. The van der Waals surface area contributed by atoms with Gasteiger partial charge in [-0.2, -0.15) is 0 Å². The van der Waals surface area contributed by atoms with E-state index in [1.807, 2.05) is 34.6 Å². The molecule has 18 heteroatoms. The van der Waals surface area contributed by atoms with E-state index in [4.69, 9.17) is 56.0 Å². The molecular weight excluding hydrogens is 642 g/mol. The molecule has 0 aliphatic carbocycles. The second-order valence-electron chi connectivity index (χ2n) is 13.4. The molecule has 0 aromatic carbocycles. The minimum absolute atomic E-state index is 0.0628. The van der Waals surface area contributed by atoms with Gasteiger partial charge in [0.25, 0.3) is 15.6 Å². The fourth-order valence-corrected chi connectivity index (χ4v) is 9.24. The second kappa shape index (κ2) is 12.3. The van der Waals surface area contributed by atoms with Crippen LogP contribution in [0.2, 0.25) is 0 Å². The third kappa shape index (κ3) is 6.50. The van der Waals surface area contributed by atoms with Crippen LogP contribution in [0.3, 0.4) is 0 Å². The van der Waals surface area contributed by atoms with Crippen molar-refractivity contribution in [1.29, 1.82) is 0 Å². The predicted molar refractivity (Wildman–Crippen MR) is 147 cm³/mol. The van der Waals surface area contributed by atoms with Gasteiger partial charge in [0.2, 0.25) is 0 Å². The average Bonchev–Trinajstić information content (AvgIpc) is 3.73. The molecule has 6 aliphatic rings. The van der Waals surface area contributed by atoms with Crippen LogP contribution in [0.15, 0.2) is 0 Å². The van der Waals surface area contributed by atoms with Gasteiger partial charge in [0.05, 0.1) is 70.2 Å². The van der Waals surface area contributed by atoms with Gasteiger partial charge < -0.3 is 65.8 Å². The molecule has 14 atom stereocenters. The summed E-state index contributed by atoms with van der Waals surface area (Å²) in [5.74, 6) is 0. The molecule has 16 nitrogen and oxygen atoms in total. The van der Waals surface area contributed by atoms with E-state index >= 15 is 0 Å². The van der Waals surface area contributed by atoms with E-state index in [9.17, 15) is 18.9 Å². The maximum Gasteiger partial charge on any atom is 0.268 e. The predicted octanol–water partition coefficient (Wildman–Crippen LogP) is 0.614. The lowest BCUT2D eigenvalue weighted by Crippen LogP contribution is -2.49. The lowest BCUT2D eigenvalue weighted by atomic mass is 9.99. The highest BCUT2D eigenvalue weighted by Crippen LogP contribution is 2.55. The molecule has 0 aromatic rings. The minimum Gasteiger partial charge on any atom is -0.756 e. The number of hydrogen-bond donors (Lipinski definition) is 0. The highest BCUT2D eigenvalue weighted by atomic mass is 31.2. The van der Waals surface area contributed by atoms with Crippen LogP contribution >= 0.6 is 15.6 Å². The Balaban J connectivity index is 1.10. The first-order valence-electron chi connectivity index (χ1n) is 15.4. The molecule has 6 rings (SSSR count). The summed E-state index contributed by atoms with van der Waals surface area (Å²) in [6.07, 6.45) is -6.30. The summed E-state index contributed by atoms with van der Waals surface area (Å²) in [6.45, 7) is 11.7. The van der Waals surface area contributed by atoms with Crippen LogP contribution in [0.1, 0.15) is 48.5 Å². The van der Waals surface area contributed by atoms with Crippen molar-refractivity contribution in [2.75, 3.05) is 39.6 Å². The molecule has 260 valence electrons. The number of ether oxygens (including phenoxy) is 8. The van der Waals surface area contributed by atoms with Gasteiger partial charge in [0.1, 0.15) is 53.4 Å². The Labute approximate surface area is 262 Å². The quantitative estimate of drug-likeness (QED) is 0.218. The first kappa shape index (κ1) is 34.8. The van der Waals surface area contributed by atoms with Crippen LogP contribution in [0.25, 0.3) is 0 Å². The van der Waals surface area contributed by atoms with Crippen molar-refractivity contribution < 1.29 is 74.9 Å². The van der Waals surface area contributed by atoms with Crippen LogP contribution < -0.4 is 9.79 Å². The first-order chi connectivity index (χ1) is 21.0. The van der Waals surface area contributed by atoms with Crippen molar-refractivity contribution in [2.45, 2.75) is 132 Å². The van der Waals surface area contributed by atoms with Gasteiger partial charge >= 0.3 is 0 Å². The fraction of sp³-hybridized carbons (Fsp3) is 1.00. The minimum atomic E-state index is -5.03. The molecule has 0 N–H and O–H groups in total. The van der Waals surface area contributed by atoms with Gasteiger partial charge in [-0.15, -0.1) is 0 Å². The Morgan fingerprint density at radius 2 is 1.02 bits per heavy atom. The van der Waals surface area contributed by atoms with Crippen LogP contribution in [0.4, 0.5) is 0 Å². The summed E-state index contributed by atoms with van der Waals surface area (Å²) in [7, 11) is -10.0. The summed E-state index contributed by atoms with van der Waals surface area (Å²) in [5, 5.41) is 0. The SMILES string of the molecule is CC(C)OCC12CO[C@H](C(C)O1)[C@H]2OP(=O)([O-])OCC12CO[C@H](C(C)O1)[C@H]2OP(=O)([O-])OCC12CO[C@H](C(C)O1)[C@H]2OC(C)C. The Kier molecular flexibility index (Phi) is 9.53. The van der Waals surface area contributed by atoms with E-state index in [0.29, 0.717) is 0 Å². The lowest BCUT2D eigenvalue weighted by Gasteiger charge is -2.37. The maximum absolute atomic E-state index is 13.2. The molecule has 45 heavy (non-hydrogen) atoms. The molecule has 0 aromatic heterocycles. The van der Waals surface area contributed by atoms with Gasteiger partial charge in [-0.25, -0.2) is 0 Å². The van der Waals surface area contributed by atoms with E-state index in [1.54, 1.807) is 13.8 Å². The van der Waals surface area contributed by atoms with Gasteiger partial charge in [-0.1, -0.05) is 0 Å². The van der Waals surface area contributed by atoms with Gasteiger partial charge in [0.15, 0.2) is 0 Å². The molecule has 0 amide bonds. The summed E-state index contributed by atoms with van der Waals surface area (Å²) >= 11 is 0. The third-order valence-electron chi connectivity index (χ3n) is 9.16. The molecule has 6 fully saturated rings. The summed E-state index contributed by atoms with van der Waals surface area (Å²) < 4.78 is 95.2. The smallest absolute Gasteiger partial charge is 0.268 e. The molecular formula is C27H44O16P2-2. The van der Waals surface area contributed by atoms with E-state index in [0.717, 1.165) is 0 Å². The molecule has 0 saturated carbocycles. The van der Waals surface area contributed by atoms with Gasteiger partial charge in [-0.05, 0) is 48.5 Å². The number of rotatable bonds is 15. The number of phosphoric acid groups is 2. The van der Waals surface area contributed by atoms with Gasteiger partial charge in [-0.3, -0.25) is 9.13 Å². The molecule has 0 spiro atoms. The molecule has 6 heterocycles. The van der Waals surface area contributed by atoms with Crippen LogP contribution in [0, 0.1) is 0 Å². The Hall–Kier alpha value is -0.100. The van der Waals surface area contributed by atoms with Crippen molar-refractivity contribution in [3.63, 3.8) is 0 Å². The highest BCUT2D eigenvalue weighted by molar-refractivity contribution is 7.46. The number of fused-ring (bicyclic) bond motifs is 6. The maximum atomic E-state index is 13.2. The number of phosphoric ester groups is 2. The normalized spacial score (nSPS) is 47.8. The average molecular weight is 687 g/mol.